The summed E-state index contributed by atoms with van der Waals surface area (Å²) in [4.78, 5) is 0. The molecule has 0 unspecified atom stereocenters. The van der Waals surface area contributed by atoms with Gasteiger partial charge in [-0.1, -0.05) is 6.07 Å². The summed E-state index contributed by atoms with van der Waals surface area (Å²) in [6.07, 6.45) is 0. The second kappa shape index (κ2) is 10.6. The third-order valence-corrected chi connectivity index (χ3v) is 3.96. The van der Waals surface area contributed by atoms with Crippen LogP contribution in [0.4, 0.5) is 8.78 Å². The van der Waals surface area contributed by atoms with Crippen molar-refractivity contribution in [2.45, 2.75) is 26.6 Å². The monoisotopic (exact) mass is 397 g/mol. The van der Waals surface area contributed by atoms with Crippen LogP contribution in [0.5, 0.6) is 28.7 Å². The average molecular weight is 397 g/mol. The zero-order valence-electron chi connectivity index (χ0n) is 16.4. The van der Waals surface area contributed by atoms with Gasteiger partial charge in [0.2, 0.25) is 0 Å². The highest BCUT2D eigenvalue weighted by atomic mass is 19.3. The highest BCUT2D eigenvalue weighted by Crippen LogP contribution is 2.34. The molecule has 0 atom stereocenters. The lowest BCUT2D eigenvalue weighted by molar-refractivity contribution is -0.0514. The molecule has 0 amide bonds. The first-order valence-electron chi connectivity index (χ1n) is 8.72. The van der Waals surface area contributed by atoms with Crippen molar-refractivity contribution in [3.63, 3.8) is 0 Å². The lowest BCUT2D eigenvalue weighted by atomic mass is 10.1. The number of hydrogen-bond acceptors (Lipinski definition) is 6. The maximum Gasteiger partial charge on any atom is 0.387 e. The van der Waals surface area contributed by atoms with Gasteiger partial charge in [0.25, 0.3) is 0 Å². The minimum atomic E-state index is -2.90. The number of nitrogens with one attached hydrogen (secondary N) is 1. The second-order valence-corrected chi connectivity index (χ2v) is 5.72. The maximum absolute atomic E-state index is 12.5. The van der Waals surface area contributed by atoms with Crippen molar-refractivity contribution >= 4 is 0 Å². The van der Waals surface area contributed by atoms with Crippen LogP contribution in [0, 0.1) is 0 Å². The van der Waals surface area contributed by atoms with E-state index in [1.807, 2.05) is 6.07 Å². The van der Waals surface area contributed by atoms with Crippen molar-refractivity contribution in [2.75, 3.05) is 27.9 Å². The SMILES string of the molecule is CCOc1cc(CNCc2cc(OC)c(OC)cc2OC)ccc1OC(F)F. The molecule has 0 aromatic heterocycles. The maximum atomic E-state index is 12.5. The molecule has 0 saturated heterocycles. The van der Waals surface area contributed by atoms with Crippen LogP contribution in [0.1, 0.15) is 18.1 Å². The minimum Gasteiger partial charge on any atom is -0.496 e. The molecule has 0 spiro atoms. The summed E-state index contributed by atoms with van der Waals surface area (Å²) in [5.41, 5.74) is 1.76. The number of benzene rings is 2. The largest absolute Gasteiger partial charge is 0.496 e. The summed E-state index contributed by atoms with van der Waals surface area (Å²) in [6, 6.07) is 8.47. The summed E-state index contributed by atoms with van der Waals surface area (Å²) in [6.45, 7) is 0.218. The number of ether oxygens (including phenoxy) is 5. The van der Waals surface area contributed by atoms with Gasteiger partial charge in [0.15, 0.2) is 23.0 Å². The van der Waals surface area contributed by atoms with Crippen LogP contribution in [-0.4, -0.2) is 34.5 Å². The van der Waals surface area contributed by atoms with E-state index in [4.69, 9.17) is 18.9 Å². The molecule has 0 aliphatic rings. The van der Waals surface area contributed by atoms with Crippen molar-refractivity contribution < 1.29 is 32.5 Å². The van der Waals surface area contributed by atoms with E-state index >= 15 is 0 Å². The van der Waals surface area contributed by atoms with Gasteiger partial charge in [-0.15, -0.1) is 0 Å². The quantitative estimate of drug-likeness (QED) is 0.619. The third-order valence-electron chi connectivity index (χ3n) is 3.96. The predicted octanol–water partition coefficient (Wildman–Crippen LogP) is 4.00. The van der Waals surface area contributed by atoms with Gasteiger partial charge < -0.3 is 29.0 Å². The summed E-state index contributed by atoms with van der Waals surface area (Å²) < 4.78 is 50.9. The summed E-state index contributed by atoms with van der Waals surface area (Å²) in [7, 11) is 4.72. The van der Waals surface area contributed by atoms with Gasteiger partial charge in [-0.2, -0.15) is 8.78 Å². The van der Waals surface area contributed by atoms with E-state index in [-0.39, 0.29) is 11.5 Å². The summed E-state index contributed by atoms with van der Waals surface area (Å²) in [5.74, 6) is 2.15. The lowest BCUT2D eigenvalue weighted by Crippen LogP contribution is -2.14. The summed E-state index contributed by atoms with van der Waals surface area (Å²) >= 11 is 0. The lowest BCUT2D eigenvalue weighted by Gasteiger charge is -2.15. The first-order valence-corrected chi connectivity index (χ1v) is 8.72. The Morgan fingerprint density at radius 1 is 0.821 bits per heavy atom. The van der Waals surface area contributed by atoms with Crippen molar-refractivity contribution in [2.24, 2.45) is 0 Å². The molecule has 28 heavy (non-hydrogen) atoms. The van der Waals surface area contributed by atoms with Gasteiger partial charge in [-0.05, 0) is 30.7 Å². The molecular formula is C20H25F2NO5. The highest BCUT2D eigenvalue weighted by molar-refractivity contribution is 5.50. The van der Waals surface area contributed by atoms with E-state index < -0.39 is 6.61 Å². The van der Waals surface area contributed by atoms with Crippen LogP contribution in [0.15, 0.2) is 30.3 Å². The van der Waals surface area contributed by atoms with Crippen molar-refractivity contribution in [3.05, 3.63) is 41.5 Å². The molecule has 0 heterocycles. The van der Waals surface area contributed by atoms with Gasteiger partial charge in [-0.25, -0.2) is 0 Å². The Labute approximate surface area is 163 Å². The molecule has 154 valence electrons. The van der Waals surface area contributed by atoms with E-state index in [2.05, 4.69) is 10.1 Å². The van der Waals surface area contributed by atoms with Crippen molar-refractivity contribution in [1.82, 2.24) is 5.32 Å². The van der Waals surface area contributed by atoms with Crippen molar-refractivity contribution in [3.8, 4) is 28.7 Å². The number of halogens is 2. The zero-order chi connectivity index (χ0) is 20.5. The Kier molecular flexibility index (Phi) is 8.13. The Hall–Kier alpha value is -2.74. The van der Waals surface area contributed by atoms with Crippen LogP contribution in [-0.2, 0) is 13.1 Å². The molecule has 0 aliphatic heterocycles. The fourth-order valence-corrected chi connectivity index (χ4v) is 2.70. The Balaban J connectivity index is 2.09. The molecule has 2 aromatic carbocycles. The molecule has 0 bridgehead atoms. The summed E-state index contributed by atoms with van der Waals surface area (Å²) in [5, 5.41) is 3.29. The van der Waals surface area contributed by atoms with Crippen LogP contribution < -0.4 is 29.0 Å². The topological polar surface area (TPSA) is 58.2 Å². The van der Waals surface area contributed by atoms with E-state index in [9.17, 15) is 8.78 Å². The first kappa shape index (κ1) is 21.6. The average Bonchev–Trinajstić information content (AvgIpc) is 2.69. The molecule has 8 heteroatoms. The molecule has 0 aliphatic carbocycles. The van der Waals surface area contributed by atoms with Gasteiger partial charge in [0, 0.05) is 24.7 Å². The molecule has 6 nitrogen and oxygen atoms in total. The second-order valence-electron chi connectivity index (χ2n) is 5.72. The van der Waals surface area contributed by atoms with Gasteiger partial charge in [0.1, 0.15) is 5.75 Å². The van der Waals surface area contributed by atoms with E-state index in [1.54, 1.807) is 46.5 Å². The molecule has 2 aromatic rings. The Morgan fingerprint density at radius 2 is 1.50 bits per heavy atom. The number of rotatable bonds is 11. The molecule has 0 radical (unpaired) electrons. The van der Waals surface area contributed by atoms with E-state index in [0.717, 1.165) is 11.1 Å². The third kappa shape index (κ3) is 5.63. The smallest absolute Gasteiger partial charge is 0.387 e. The Bertz CT molecular complexity index is 771. The van der Waals surface area contributed by atoms with E-state index in [1.165, 1.54) is 6.07 Å². The van der Waals surface area contributed by atoms with Gasteiger partial charge in [0.05, 0.1) is 27.9 Å². The van der Waals surface area contributed by atoms with Crippen LogP contribution in [0.25, 0.3) is 0 Å². The van der Waals surface area contributed by atoms with Crippen LogP contribution in [0.3, 0.4) is 0 Å². The van der Waals surface area contributed by atoms with Gasteiger partial charge in [-0.3, -0.25) is 0 Å². The molecule has 2 rings (SSSR count). The fraction of sp³-hybridized carbons (Fsp3) is 0.400. The first-order chi connectivity index (χ1) is 13.5. The number of alkyl halides is 2. The van der Waals surface area contributed by atoms with Gasteiger partial charge >= 0.3 is 6.61 Å². The zero-order valence-corrected chi connectivity index (χ0v) is 16.4. The fourth-order valence-electron chi connectivity index (χ4n) is 2.70. The Morgan fingerprint density at radius 3 is 2.11 bits per heavy atom. The normalized spacial score (nSPS) is 10.7. The minimum absolute atomic E-state index is 0.0159. The number of methoxy groups -OCH3 is 3. The molecule has 0 fully saturated rings. The molecule has 1 N–H and O–H groups in total. The molecular weight excluding hydrogens is 372 g/mol. The predicted molar refractivity (Wildman–Crippen MR) is 101 cm³/mol. The standard InChI is InChI=1S/C20H25F2NO5/c1-5-27-19-8-13(6-7-15(19)28-20(21)22)11-23-12-14-9-17(25-3)18(26-4)10-16(14)24-2/h6-10,20,23H,5,11-12H2,1-4H3. The van der Waals surface area contributed by atoms with Crippen LogP contribution in [0.2, 0.25) is 0 Å². The van der Waals surface area contributed by atoms with E-state index in [0.29, 0.717) is 36.9 Å². The number of hydrogen-bond donors (Lipinski definition) is 1. The van der Waals surface area contributed by atoms with Crippen LogP contribution >= 0.6 is 0 Å². The molecule has 0 saturated carbocycles. The van der Waals surface area contributed by atoms with Crippen molar-refractivity contribution in [1.29, 1.82) is 0 Å². The highest BCUT2D eigenvalue weighted by Gasteiger charge is 2.13.